The van der Waals surface area contributed by atoms with Crippen molar-refractivity contribution in [3.8, 4) is 0 Å². The van der Waals surface area contributed by atoms with Crippen molar-refractivity contribution in [2.45, 2.75) is 38.6 Å². The first kappa shape index (κ1) is 18.5. The first-order valence-corrected chi connectivity index (χ1v) is 9.03. The van der Waals surface area contributed by atoms with Gasteiger partial charge in [0.25, 0.3) is 0 Å². The van der Waals surface area contributed by atoms with E-state index in [-0.39, 0.29) is 18.2 Å². The van der Waals surface area contributed by atoms with Crippen molar-refractivity contribution in [1.29, 1.82) is 0 Å². The van der Waals surface area contributed by atoms with Crippen LogP contribution in [0.1, 0.15) is 33.1 Å². The minimum absolute atomic E-state index is 0.0380. The second-order valence-electron chi connectivity index (χ2n) is 7.42. The van der Waals surface area contributed by atoms with Crippen LogP contribution in [-0.4, -0.2) is 35.6 Å². The van der Waals surface area contributed by atoms with Crippen LogP contribution < -0.4 is 16.0 Å². The molecular weight excluding hydrogens is 356 g/mol. The van der Waals surface area contributed by atoms with Crippen LogP contribution in [0.3, 0.4) is 0 Å². The van der Waals surface area contributed by atoms with Crippen LogP contribution in [0.15, 0.2) is 22.7 Å². The molecule has 0 spiro atoms. The highest BCUT2D eigenvalue weighted by molar-refractivity contribution is 6.31. The predicted molar refractivity (Wildman–Crippen MR) is 100.0 cm³/mol. The number of amides is 2. The van der Waals surface area contributed by atoms with Crippen molar-refractivity contribution < 1.29 is 14.1 Å². The van der Waals surface area contributed by atoms with E-state index in [1.807, 2.05) is 6.07 Å². The van der Waals surface area contributed by atoms with Gasteiger partial charge in [-0.1, -0.05) is 16.8 Å². The maximum Gasteiger partial charge on any atom is 0.223 e. The Morgan fingerprint density at radius 3 is 2.73 bits per heavy atom. The molecule has 140 valence electrons. The zero-order chi connectivity index (χ0) is 18.9. The lowest BCUT2D eigenvalue weighted by atomic mass is 9.93. The van der Waals surface area contributed by atoms with E-state index in [2.05, 4.69) is 15.4 Å². The molecule has 1 saturated heterocycles. The van der Waals surface area contributed by atoms with Gasteiger partial charge in [0.1, 0.15) is 0 Å². The summed E-state index contributed by atoms with van der Waals surface area (Å²) in [6, 6.07) is 5.41. The standard InChI is InChI=1S/C18H23ClN4O3/c1-18(2,10-15(20)24)21-17(25)11-5-7-23(8-6-11)16-13-9-12(19)3-4-14(13)26-22-16/h3-4,9,11H,5-8,10H2,1-2H3,(H2,20,24)(H,21,25). The molecule has 1 aromatic heterocycles. The summed E-state index contributed by atoms with van der Waals surface area (Å²) in [4.78, 5) is 25.7. The molecule has 0 saturated carbocycles. The summed E-state index contributed by atoms with van der Waals surface area (Å²) in [6.07, 6.45) is 1.52. The van der Waals surface area contributed by atoms with Crippen LogP contribution in [0.2, 0.25) is 5.02 Å². The summed E-state index contributed by atoms with van der Waals surface area (Å²) in [5, 5.41) is 8.61. The molecule has 1 aliphatic heterocycles. The highest BCUT2D eigenvalue weighted by Gasteiger charge is 2.31. The molecule has 3 N–H and O–H groups in total. The summed E-state index contributed by atoms with van der Waals surface area (Å²) < 4.78 is 5.36. The number of aromatic nitrogens is 1. The van der Waals surface area contributed by atoms with E-state index in [0.717, 1.165) is 11.2 Å². The lowest BCUT2D eigenvalue weighted by Crippen LogP contribution is -2.50. The Labute approximate surface area is 156 Å². The molecule has 0 unspecified atom stereocenters. The third-order valence-corrected chi connectivity index (χ3v) is 4.89. The van der Waals surface area contributed by atoms with Gasteiger partial charge in [0.05, 0.1) is 5.39 Å². The fourth-order valence-corrected chi connectivity index (χ4v) is 3.57. The van der Waals surface area contributed by atoms with Gasteiger partial charge in [0, 0.05) is 36.0 Å². The Kier molecular flexibility index (Phi) is 5.09. The van der Waals surface area contributed by atoms with Crippen molar-refractivity contribution >= 4 is 40.2 Å². The van der Waals surface area contributed by atoms with Crippen LogP contribution >= 0.6 is 11.6 Å². The fourth-order valence-electron chi connectivity index (χ4n) is 3.40. The smallest absolute Gasteiger partial charge is 0.223 e. The number of nitrogens with two attached hydrogens (primary N) is 1. The monoisotopic (exact) mass is 378 g/mol. The molecule has 0 atom stereocenters. The number of benzene rings is 1. The molecular formula is C18H23ClN4O3. The molecule has 1 fully saturated rings. The minimum Gasteiger partial charge on any atom is -0.370 e. The second kappa shape index (κ2) is 7.15. The van der Waals surface area contributed by atoms with Gasteiger partial charge in [0.15, 0.2) is 11.4 Å². The first-order valence-electron chi connectivity index (χ1n) is 8.65. The van der Waals surface area contributed by atoms with Gasteiger partial charge in [-0.15, -0.1) is 0 Å². The number of rotatable bonds is 5. The second-order valence-corrected chi connectivity index (χ2v) is 7.86. The van der Waals surface area contributed by atoms with E-state index in [4.69, 9.17) is 21.9 Å². The van der Waals surface area contributed by atoms with Crippen molar-refractivity contribution in [1.82, 2.24) is 10.5 Å². The lowest BCUT2D eigenvalue weighted by Gasteiger charge is -2.33. The van der Waals surface area contributed by atoms with Gasteiger partial charge in [-0.3, -0.25) is 9.59 Å². The summed E-state index contributed by atoms with van der Waals surface area (Å²) >= 11 is 6.07. The Hall–Kier alpha value is -2.28. The predicted octanol–water partition coefficient (Wildman–Crippen LogP) is 2.47. The highest BCUT2D eigenvalue weighted by atomic mass is 35.5. The van der Waals surface area contributed by atoms with E-state index in [9.17, 15) is 9.59 Å². The number of piperidine rings is 1. The lowest BCUT2D eigenvalue weighted by molar-refractivity contribution is -0.128. The van der Waals surface area contributed by atoms with Crippen LogP contribution in [-0.2, 0) is 9.59 Å². The maximum atomic E-state index is 12.5. The number of anilines is 1. The summed E-state index contributed by atoms with van der Waals surface area (Å²) in [5.74, 6) is 0.196. The maximum absolute atomic E-state index is 12.5. The summed E-state index contributed by atoms with van der Waals surface area (Å²) in [5.41, 5.74) is 5.29. The molecule has 8 heteroatoms. The van der Waals surface area contributed by atoms with Gasteiger partial charge >= 0.3 is 0 Å². The molecule has 0 aliphatic carbocycles. The topological polar surface area (TPSA) is 101 Å². The SMILES string of the molecule is CC(C)(CC(N)=O)NC(=O)C1CCN(c2noc3ccc(Cl)cc23)CC1. The number of carbonyl (C=O) groups is 2. The van der Waals surface area contributed by atoms with E-state index in [0.29, 0.717) is 36.5 Å². The normalized spacial score (nSPS) is 16.0. The third-order valence-electron chi connectivity index (χ3n) is 4.66. The highest BCUT2D eigenvalue weighted by Crippen LogP contribution is 2.31. The minimum atomic E-state index is -0.640. The van der Waals surface area contributed by atoms with Crippen molar-refractivity contribution in [3.63, 3.8) is 0 Å². The average Bonchev–Trinajstić information content (AvgIpc) is 2.96. The summed E-state index contributed by atoms with van der Waals surface area (Å²) in [7, 11) is 0. The van der Waals surface area contributed by atoms with Gasteiger partial charge in [-0.2, -0.15) is 0 Å². The molecule has 2 amide bonds. The van der Waals surface area contributed by atoms with Crippen molar-refractivity contribution in [2.75, 3.05) is 18.0 Å². The zero-order valence-electron chi connectivity index (χ0n) is 14.9. The van der Waals surface area contributed by atoms with Crippen molar-refractivity contribution in [2.24, 2.45) is 11.7 Å². The van der Waals surface area contributed by atoms with E-state index in [1.54, 1.807) is 26.0 Å². The zero-order valence-corrected chi connectivity index (χ0v) is 15.7. The third kappa shape index (κ3) is 4.09. The van der Waals surface area contributed by atoms with Crippen molar-refractivity contribution in [3.05, 3.63) is 23.2 Å². The molecule has 0 bridgehead atoms. The molecule has 0 radical (unpaired) electrons. The Balaban J connectivity index is 1.62. The molecule has 2 heterocycles. The largest absolute Gasteiger partial charge is 0.370 e. The van der Waals surface area contributed by atoms with Crippen LogP contribution in [0.5, 0.6) is 0 Å². The number of primary amides is 1. The number of fused-ring (bicyclic) bond motifs is 1. The van der Waals surface area contributed by atoms with Crippen LogP contribution in [0.25, 0.3) is 11.0 Å². The molecule has 2 aromatic rings. The molecule has 3 rings (SSSR count). The molecule has 1 aromatic carbocycles. The van der Waals surface area contributed by atoms with Crippen LogP contribution in [0.4, 0.5) is 5.82 Å². The number of carbonyl (C=O) groups excluding carboxylic acids is 2. The van der Waals surface area contributed by atoms with E-state index >= 15 is 0 Å². The van der Waals surface area contributed by atoms with E-state index < -0.39 is 11.4 Å². The van der Waals surface area contributed by atoms with Gasteiger partial charge < -0.3 is 20.5 Å². The van der Waals surface area contributed by atoms with Gasteiger partial charge in [-0.25, -0.2) is 0 Å². The van der Waals surface area contributed by atoms with E-state index in [1.165, 1.54) is 0 Å². The number of nitrogens with one attached hydrogen (secondary N) is 1. The number of hydrogen-bond acceptors (Lipinski definition) is 5. The fraction of sp³-hybridized carbons (Fsp3) is 0.500. The van der Waals surface area contributed by atoms with Crippen LogP contribution in [0, 0.1) is 5.92 Å². The number of hydrogen-bond donors (Lipinski definition) is 2. The average molecular weight is 379 g/mol. The number of halogens is 1. The quantitative estimate of drug-likeness (QED) is 0.832. The number of nitrogens with zero attached hydrogens (tertiary/aromatic N) is 2. The summed E-state index contributed by atoms with van der Waals surface area (Å²) in [6.45, 7) is 5.00. The Morgan fingerprint density at radius 2 is 2.08 bits per heavy atom. The Bertz CT molecular complexity index is 825. The molecule has 1 aliphatic rings. The molecule has 7 nitrogen and oxygen atoms in total. The first-order chi connectivity index (χ1) is 12.2. The van der Waals surface area contributed by atoms with Gasteiger partial charge in [-0.05, 0) is 44.9 Å². The molecule has 26 heavy (non-hydrogen) atoms. The Morgan fingerprint density at radius 1 is 1.38 bits per heavy atom. The van der Waals surface area contributed by atoms with Gasteiger partial charge in [0.2, 0.25) is 11.8 Å².